The summed E-state index contributed by atoms with van der Waals surface area (Å²) in [6, 6.07) is 6.21. The molecule has 0 spiro atoms. The highest BCUT2D eigenvalue weighted by molar-refractivity contribution is 9.10. The highest BCUT2D eigenvalue weighted by Gasteiger charge is 2.22. The summed E-state index contributed by atoms with van der Waals surface area (Å²) in [7, 11) is 0. The number of benzene rings is 1. The molecule has 1 aromatic carbocycles. The van der Waals surface area contributed by atoms with Crippen molar-refractivity contribution in [1.29, 1.82) is 0 Å². The average Bonchev–Trinajstić information content (AvgIpc) is 3.26. The number of amides is 1. The van der Waals surface area contributed by atoms with E-state index in [2.05, 4.69) is 32.5 Å². The van der Waals surface area contributed by atoms with E-state index in [0.29, 0.717) is 25.6 Å². The summed E-state index contributed by atoms with van der Waals surface area (Å²) in [5.41, 5.74) is 1.02. The second-order valence-corrected chi connectivity index (χ2v) is 5.93. The molecule has 21 heavy (non-hydrogen) atoms. The zero-order chi connectivity index (χ0) is 15.1. The highest BCUT2D eigenvalue weighted by atomic mass is 79.9. The number of halogens is 1. The third-order valence-corrected chi connectivity index (χ3v) is 3.61. The van der Waals surface area contributed by atoms with Gasteiger partial charge in [0.1, 0.15) is 12.4 Å². The van der Waals surface area contributed by atoms with Crippen LogP contribution >= 0.6 is 15.9 Å². The van der Waals surface area contributed by atoms with E-state index < -0.39 is 0 Å². The Morgan fingerprint density at radius 3 is 3.00 bits per heavy atom. The Hall–Kier alpha value is -1.51. The number of hydrogen-bond donors (Lipinski definition) is 2. The summed E-state index contributed by atoms with van der Waals surface area (Å²) in [5, 5.41) is 6.22. The molecule has 0 unspecified atom stereocenters. The number of carbonyl (C=O) groups excluding carboxylic acids is 1. The molecule has 1 saturated carbocycles. The molecule has 1 amide bonds. The van der Waals surface area contributed by atoms with Crippen LogP contribution in [-0.2, 0) is 11.3 Å². The summed E-state index contributed by atoms with van der Waals surface area (Å²) < 4.78 is 6.49. The van der Waals surface area contributed by atoms with E-state index in [-0.39, 0.29) is 12.5 Å². The van der Waals surface area contributed by atoms with Gasteiger partial charge >= 0.3 is 0 Å². The first-order chi connectivity index (χ1) is 10.2. The predicted molar refractivity (Wildman–Crippen MR) is 86.0 cm³/mol. The van der Waals surface area contributed by atoms with Crippen LogP contribution in [0.2, 0.25) is 0 Å². The third-order valence-electron chi connectivity index (χ3n) is 3.12. The summed E-state index contributed by atoms with van der Waals surface area (Å²) in [5.74, 6) is 3.34. The maximum absolute atomic E-state index is 11.6. The molecule has 0 bridgehead atoms. The van der Waals surface area contributed by atoms with E-state index >= 15 is 0 Å². The Bertz CT molecular complexity index is 536. The smallest absolute Gasteiger partial charge is 0.221 e. The fraction of sp³-hybridized carbons (Fsp3) is 0.438. The van der Waals surface area contributed by atoms with Gasteiger partial charge in [0, 0.05) is 35.6 Å². The minimum absolute atomic E-state index is 0.114. The minimum Gasteiger partial charge on any atom is -0.481 e. The van der Waals surface area contributed by atoms with Gasteiger partial charge in [0.15, 0.2) is 0 Å². The van der Waals surface area contributed by atoms with Crippen molar-refractivity contribution in [2.24, 2.45) is 0 Å². The van der Waals surface area contributed by atoms with E-state index in [0.717, 1.165) is 28.6 Å². The molecule has 1 aromatic rings. The molecule has 1 fully saturated rings. The van der Waals surface area contributed by atoms with Crippen LogP contribution in [0.15, 0.2) is 22.7 Å². The second-order valence-electron chi connectivity index (χ2n) is 5.01. The van der Waals surface area contributed by atoms with E-state index in [9.17, 15) is 4.79 Å². The molecular formula is C16H19BrN2O2. The number of hydrogen-bond acceptors (Lipinski definition) is 3. The molecule has 5 heteroatoms. The number of rotatable bonds is 8. The zero-order valence-electron chi connectivity index (χ0n) is 11.8. The van der Waals surface area contributed by atoms with Gasteiger partial charge in [-0.2, -0.15) is 0 Å². The van der Waals surface area contributed by atoms with Gasteiger partial charge in [-0.05, 0) is 31.0 Å². The lowest BCUT2D eigenvalue weighted by Gasteiger charge is -2.11. The Kier molecular flexibility index (Phi) is 6.09. The van der Waals surface area contributed by atoms with Gasteiger partial charge in [-0.25, -0.2) is 0 Å². The van der Waals surface area contributed by atoms with Crippen molar-refractivity contribution in [2.45, 2.75) is 31.8 Å². The first-order valence-corrected chi connectivity index (χ1v) is 7.83. The van der Waals surface area contributed by atoms with E-state index in [1.54, 1.807) is 0 Å². The van der Waals surface area contributed by atoms with Crippen LogP contribution in [0.1, 0.15) is 24.8 Å². The van der Waals surface area contributed by atoms with Gasteiger partial charge in [0.25, 0.3) is 0 Å². The molecule has 0 atom stereocenters. The largest absolute Gasteiger partial charge is 0.481 e. The molecule has 0 saturated heterocycles. The third kappa shape index (κ3) is 5.78. The summed E-state index contributed by atoms with van der Waals surface area (Å²) in [6.45, 7) is 1.52. The zero-order valence-corrected chi connectivity index (χ0v) is 13.4. The van der Waals surface area contributed by atoms with Gasteiger partial charge in [0.2, 0.25) is 5.91 Å². The fourth-order valence-electron chi connectivity index (χ4n) is 1.90. The molecule has 4 nitrogen and oxygen atoms in total. The second kappa shape index (κ2) is 8.06. The number of nitrogens with one attached hydrogen (secondary N) is 2. The predicted octanol–water partition coefficient (Wildman–Crippen LogP) is 2.22. The molecule has 0 heterocycles. The Morgan fingerprint density at radius 2 is 2.29 bits per heavy atom. The normalized spacial score (nSPS) is 13.5. The number of ether oxygens (including phenoxy) is 1. The van der Waals surface area contributed by atoms with Gasteiger partial charge < -0.3 is 15.4 Å². The van der Waals surface area contributed by atoms with Crippen LogP contribution in [0.4, 0.5) is 0 Å². The molecule has 2 rings (SSSR count). The van der Waals surface area contributed by atoms with Crippen molar-refractivity contribution < 1.29 is 9.53 Å². The summed E-state index contributed by atoms with van der Waals surface area (Å²) >= 11 is 3.44. The first kappa shape index (κ1) is 15.9. The van der Waals surface area contributed by atoms with E-state index in [1.807, 2.05) is 18.2 Å². The Labute approximate surface area is 133 Å². The van der Waals surface area contributed by atoms with Crippen molar-refractivity contribution in [3.8, 4) is 18.1 Å². The Morgan fingerprint density at radius 1 is 1.48 bits per heavy atom. The van der Waals surface area contributed by atoms with Crippen LogP contribution in [-0.4, -0.2) is 25.1 Å². The molecule has 112 valence electrons. The van der Waals surface area contributed by atoms with Crippen LogP contribution in [0.3, 0.4) is 0 Å². The molecule has 2 N–H and O–H groups in total. The highest BCUT2D eigenvalue weighted by Crippen LogP contribution is 2.23. The number of terminal acetylenes is 1. The van der Waals surface area contributed by atoms with E-state index in [1.165, 1.54) is 0 Å². The van der Waals surface area contributed by atoms with Crippen LogP contribution < -0.4 is 15.4 Å². The van der Waals surface area contributed by atoms with Gasteiger partial charge in [-0.1, -0.05) is 21.9 Å². The summed E-state index contributed by atoms with van der Waals surface area (Å²) in [6.07, 6.45) is 7.94. The maximum Gasteiger partial charge on any atom is 0.221 e. The molecule has 0 aliphatic heterocycles. The van der Waals surface area contributed by atoms with Crippen molar-refractivity contribution in [3.63, 3.8) is 0 Å². The van der Waals surface area contributed by atoms with Gasteiger partial charge in [-0.3, -0.25) is 4.79 Å². The van der Waals surface area contributed by atoms with Crippen molar-refractivity contribution in [2.75, 3.05) is 13.2 Å². The lowest BCUT2D eigenvalue weighted by Crippen LogP contribution is -2.29. The van der Waals surface area contributed by atoms with Crippen LogP contribution in [0, 0.1) is 12.3 Å². The molecule has 0 aromatic heterocycles. The Balaban J connectivity index is 1.76. The average molecular weight is 351 g/mol. The minimum atomic E-state index is 0.114. The molecule has 1 aliphatic rings. The standard InChI is InChI=1S/C16H19BrN2O2/c1-2-9-21-15-6-3-13(17)10-12(15)11-18-8-7-16(20)19-14-4-5-14/h1,3,6,10,14,18H,4-5,7-9,11H2,(H,19,20). The first-order valence-electron chi connectivity index (χ1n) is 7.04. The number of carbonyl (C=O) groups is 1. The lowest BCUT2D eigenvalue weighted by molar-refractivity contribution is -0.121. The van der Waals surface area contributed by atoms with Crippen molar-refractivity contribution in [3.05, 3.63) is 28.2 Å². The quantitative estimate of drug-likeness (QED) is 0.558. The van der Waals surface area contributed by atoms with Crippen molar-refractivity contribution in [1.82, 2.24) is 10.6 Å². The lowest BCUT2D eigenvalue weighted by atomic mass is 10.2. The van der Waals surface area contributed by atoms with Crippen molar-refractivity contribution >= 4 is 21.8 Å². The monoisotopic (exact) mass is 350 g/mol. The van der Waals surface area contributed by atoms with Gasteiger partial charge in [-0.15, -0.1) is 6.42 Å². The van der Waals surface area contributed by atoms with Crippen LogP contribution in [0.25, 0.3) is 0 Å². The fourth-order valence-corrected chi connectivity index (χ4v) is 2.31. The van der Waals surface area contributed by atoms with Crippen LogP contribution in [0.5, 0.6) is 5.75 Å². The maximum atomic E-state index is 11.6. The summed E-state index contributed by atoms with van der Waals surface area (Å²) in [4.78, 5) is 11.6. The topological polar surface area (TPSA) is 50.4 Å². The van der Waals surface area contributed by atoms with E-state index in [4.69, 9.17) is 11.2 Å². The molecule has 1 aliphatic carbocycles. The molecular weight excluding hydrogens is 332 g/mol. The SMILES string of the molecule is C#CCOc1ccc(Br)cc1CNCCC(=O)NC1CC1. The van der Waals surface area contributed by atoms with Gasteiger partial charge in [0.05, 0.1) is 0 Å². The molecule has 0 radical (unpaired) electrons.